The first-order valence-corrected chi connectivity index (χ1v) is 5.13. The van der Waals surface area contributed by atoms with E-state index in [0.29, 0.717) is 6.42 Å². The number of hydrogen-bond donors (Lipinski definition) is 1. The Kier molecular flexibility index (Phi) is 4.04. The maximum Gasteiger partial charge on any atom is 0.126 e. The molecule has 1 N–H and O–H groups in total. The van der Waals surface area contributed by atoms with E-state index in [9.17, 15) is 4.39 Å². The van der Waals surface area contributed by atoms with Crippen molar-refractivity contribution in [2.45, 2.75) is 13.3 Å². The van der Waals surface area contributed by atoms with Crippen molar-refractivity contribution in [1.29, 1.82) is 0 Å². The molecule has 0 aromatic heterocycles. The van der Waals surface area contributed by atoms with Gasteiger partial charge in [0.15, 0.2) is 0 Å². The van der Waals surface area contributed by atoms with Crippen LogP contribution in [0.25, 0.3) is 0 Å². The highest BCUT2D eigenvalue weighted by molar-refractivity contribution is 5.20. The largest absolute Gasteiger partial charge is 0.319 e. The van der Waals surface area contributed by atoms with Crippen molar-refractivity contribution in [3.63, 3.8) is 0 Å². The standard InChI is InChI=1S/C13H18FN/c1-4-13(2,10-15-3)9-11-7-5-6-8-12(11)14/h4-8,15H,1,9-10H2,2-3H3. The van der Waals surface area contributed by atoms with E-state index in [2.05, 4.69) is 18.8 Å². The molecular weight excluding hydrogens is 189 g/mol. The van der Waals surface area contributed by atoms with E-state index in [1.165, 1.54) is 6.07 Å². The van der Waals surface area contributed by atoms with Gasteiger partial charge in [-0.2, -0.15) is 0 Å². The Bertz CT molecular complexity index is 335. The first kappa shape index (κ1) is 11.9. The summed E-state index contributed by atoms with van der Waals surface area (Å²) in [6, 6.07) is 6.90. The van der Waals surface area contributed by atoms with Crippen molar-refractivity contribution in [3.05, 3.63) is 48.3 Å². The molecule has 1 nitrogen and oxygen atoms in total. The summed E-state index contributed by atoms with van der Waals surface area (Å²) < 4.78 is 13.4. The summed E-state index contributed by atoms with van der Waals surface area (Å²) in [5, 5.41) is 3.11. The van der Waals surface area contributed by atoms with Gasteiger partial charge in [-0.1, -0.05) is 31.2 Å². The van der Waals surface area contributed by atoms with Crippen LogP contribution in [0.15, 0.2) is 36.9 Å². The van der Waals surface area contributed by atoms with Crippen LogP contribution in [0, 0.1) is 11.2 Å². The fraction of sp³-hybridized carbons (Fsp3) is 0.385. The second-order valence-electron chi connectivity index (χ2n) is 4.16. The second-order valence-corrected chi connectivity index (χ2v) is 4.16. The van der Waals surface area contributed by atoms with Crippen LogP contribution >= 0.6 is 0 Å². The number of rotatable bonds is 5. The average Bonchev–Trinajstić information content (AvgIpc) is 2.22. The van der Waals surface area contributed by atoms with Gasteiger partial charge in [0, 0.05) is 12.0 Å². The molecule has 0 saturated heterocycles. The van der Waals surface area contributed by atoms with E-state index in [4.69, 9.17) is 0 Å². The molecule has 0 radical (unpaired) electrons. The van der Waals surface area contributed by atoms with E-state index in [1.54, 1.807) is 6.07 Å². The zero-order valence-electron chi connectivity index (χ0n) is 9.39. The molecule has 0 fully saturated rings. The Balaban J connectivity index is 2.83. The molecule has 0 aliphatic heterocycles. The van der Waals surface area contributed by atoms with Crippen molar-refractivity contribution in [2.75, 3.05) is 13.6 Å². The molecule has 15 heavy (non-hydrogen) atoms. The monoisotopic (exact) mass is 207 g/mol. The fourth-order valence-electron chi connectivity index (χ4n) is 1.69. The first-order valence-electron chi connectivity index (χ1n) is 5.13. The van der Waals surface area contributed by atoms with E-state index in [1.807, 2.05) is 25.3 Å². The number of halogens is 1. The lowest BCUT2D eigenvalue weighted by Gasteiger charge is -2.25. The molecule has 1 unspecified atom stereocenters. The van der Waals surface area contributed by atoms with Gasteiger partial charge in [-0.05, 0) is 25.1 Å². The van der Waals surface area contributed by atoms with Crippen molar-refractivity contribution < 1.29 is 4.39 Å². The smallest absolute Gasteiger partial charge is 0.126 e. The van der Waals surface area contributed by atoms with Crippen LogP contribution in [0.5, 0.6) is 0 Å². The molecule has 0 bridgehead atoms. The Morgan fingerprint density at radius 1 is 1.47 bits per heavy atom. The van der Waals surface area contributed by atoms with E-state index in [-0.39, 0.29) is 11.2 Å². The predicted octanol–water partition coefficient (Wildman–Crippen LogP) is 2.78. The fourth-order valence-corrected chi connectivity index (χ4v) is 1.69. The molecule has 0 amide bonds. The SMILES string of the molecule is C=CC(C)(CNC)Cc1ccccc1F. The molecule has 0 heterocycles. The van der Waals surface area contributed by atoms with Crippen LogP contribution in [-0.4, -0.2) is 13.6 Å². The van der Waals surface area contributed by atoms with Gasteiger partial charge in [0.2, 0.25) is 0 Å². The third-order valence-corrected chi connectivity index (χ3v) is 2.63. The van der Waals surface area contributed by atoms with Crippen molar-refractivity contribution in [1.82, 2.24) is 5.32 Å². The highest BCUT2D eigenvalue weighted by Gasteiger charge is 2.21. The highest BCUT2D eigenvalue weighted by atomic mass is 19.1. The van der Waals surface area contributed by atoms with E-state index in [0.717, 1.165) is 12.1 Å². The normalized spacial score (nSPS) is 14.6. The minimum atomic E-state index is -0.137. The Morgan fingerprint density at radius 3 is 2.67 bits per heavy atom. The molecule has 2 heteroatoms. The lowest BCUT2D eigenvalue weighted by molar-refractivity contribution is 0.398. The molecule has 82 valence electrons. The summed E-state index contributed by atoms with van der Waals surface area (Å²) in [4.78, 5) is 0. The lowest BCUT2D eigenvalue weighted by Crippen LogP contribution is -2.30. The summed E-state index contributed by atoms with van der Waals surface area (Å²) in [7, 11) is 1.89. The average molecular weight is 207 g/mol. The minimum absolute atomic E-state index is 0.100. The van der Waals surface area contributed by atoms with Crippen LogP contribution in [0.4, 0.5) is 4.39 Å². The van der Waals surface area contributed by atoms with Gasteiger partial charge in [0.05, 0.1) is 0 Å². The molecule has 1 aromatic carbocycles. The quantitative estimate of drug-likeness (QED) is 0.732. The van der Waals surface area contributed by atoms with E-state index >= 15 is 0 Å². The molecular formula is C13H18FN. The van der Waals surface area contributed by atoms with Crippen molar-refractivity contribution >= 4 is 0 Å². The van der Waals surface area contributed by atoms with Gasteiger partial charge in [-0.15, -0.1) is 6.58 Å². The Hall–Kier alpha value is -1.15. The molecule has 1 rings (SSSR count). The van der Waals surface area contributed by atoms with Gasteiger partial charge < -0.3 is 5.32 Å². The van der Waals surface area contributed by atoms with Gasteiger partial charge in [0.1, 0.15) is 5.82 Å². The first-order chi connectivity index (χ1) is 7.11. The third kappa shape index (κ3) is 3.17. The Labute approximate surface area is 91.0 Å². The highest BCUT2D eigenvalue weighted by Crippen LogP contribution is 2.24. The summed E-state index contributed by atoms with van der Waals surface area (Å²) >= 11 is 0. The molecule has 0 saturated carbocycles. The third-order valence-electron chi connectivity index (χ3n) is 2.63. The van der Waals surface area contributed by atoms with E-state index < -0.39 is 0 Å². The molecule has 1 atom stereocenters. The summed E-state index contributed by atoms with van der Waals surface area (Å²) in [5.74, 6) is -0.137. The van der Waals surface area contributed by atoms with Gasteiger partial charge in [-0.25, -0.2) is 4.39 Å². The van der Waals surface area contributed by atoms with Crippen LogP contribution in [0.2, 0.25) is 0 Å². The number of benzene rings is 1. The minimum Gasteiger partial charge on any atom is -0.319 e. The Morgan fingerprint density at radius 2 is 2.13 bits per heavy atom. The number of nitrogens with one attached hydrogen (secondary N) is 1. The molecule has 0 spiro atoms. The van der Waals surface area contributed by atoms with Crippen molar-refractivity contribution in [2.24, 2.45) is 5.41 Å². The summed E-state index contributed by atoms with van der Waals surface area (Å²) in [5.41, 5.74) is 0.645. The van der Waals surface area contributed by atoms with Gasteiger partial charge in [-0.3, -0.25) is 0 Å². The summed E-state index contributed by atoms with van der Waals surface area (Å²) in [6.45, 7) is 6.68. The zero-order valence-corrected chi connectivity index (χ0v) is 9.39. The zero-order chi connectivity index (χ0) is 11.3. The maximum atomic E-state index is 13.4. The van der Waals surface area contributed by atoms with Crippen LogP contribution in [0.1, 0.15) is 12.5 Å². The van der Waals surface area contributed by atoms with Crippen molar-refractivity contribution in [3.8, 4) is 0 Å². The molecule has 0 aliphatic rings. The van der Waals surface area contributed by atoms with Crippen LogP contribution in [-0.2, 0) is 6.42 Å². The topological polar surface area (TPSA) is 12.0 Å². The van der Waals surface area contributed by atoms with Gasteiger partial charge in [0.25, 0.3) is 0 Å². The number of hydrogen-bond acceptors (Lipinski definition) is 1. The summed E-state index contributed by atoms with van der Waals surface area (Å²) in [6.07, 6.45) is 2.56. The van der Waals surface area contributed by atoms with Crippen LogP contribution < -0.4 is 5.32 Å². The predicted molar refractivity (Wildman–Crippen MR) is 62.3 cm³/mol. The molecule has 1 aromatic rings. The second kappa shape index (κ2) is 5.08. The lowest BCUT2D eigenvalue weighted by atomic mass is 9.83. The van der Waals surface area contributed by atoms with Gasteiger partial charge >= 0.3 is 0 Å². The maximum absolute atomic E-state index is 13.4. The van der Waals surface area contributed by atoms with Crippen LogP contribution in [0.3, 0.4) is 0 Å². The molecule has 0 aliphatic carbocycles.